The number of hydrazone groups is 1. The summed E-state index contributed by atoms with van der Waals surface area (Å²) >= 11 is 0. The van der Waals surface area contributed by atoms with Gasteiger partial charge < -0.3 is 10.1 Å². The van der Waals surface area contributed by atoms with Gasteiger partial charge in [-0.1, -0.05) is 43.3 Å². The Morgan fingerprint density at radius 2 is 1.74 bits per heavy atom. The third-order valence-corrected chi connectivity index (χ3v) is 3.91. The maximum Gasteiger partial charge on any atom is 0.277 e. The summed E-state index contributed by atoms with van der Waals surface area (Å²) < 4.78 is 5.46. The fraction of sp³-hybridized carbons (Fsp3) is 0.286. The molecule has 0 radical (unpaired) electrons. The molecule has 0 aliphatic rings. The van der Waals surface area contributed by atoms with E-state index < -0.39 is 0 Å². The van der Waals surface area contributed by atoms with Crippen molar-refractivity contribution in [3.8, 4) is 5.75 Å². The number of anilines is 1. The number of nitrogens with zero attached hydrogens (tertiary/aromatic N) is 1. The minimum Gasteiger partial charge on any atom is -0.483 e. The molecule has 0 spiro atoms. The highest BCUT2D eigenvalue weighted by atomic mass is 16.5. The Morgan fingerprint density at radius 3 is 2.48 bits per heavy atom. The highest BCUT2D eigenvalue weighted by Crippen LogP contribution is 2.16. The van der Waals surface area contributed by atoms with E-state index >= 15 is 0 Å². The van der Waals surface area contributed by atoms with E-state index in [-0.39, 0.29) is 24.8 Å². The maximum atomic E-state index is 12.2. The lowest BCUT2D eigenvalue weighted by Crippen LogP contribution is -2.26. The lowest BCUT2D eigenvalue weighted by atomic mass is 10.1. The van der Waals surface area contributed by atoms with Gasteiger partial charge in [0.1, 0.15) is 5.75 Å². The molecule has 0 saturated heterocycles. The van der Waals surface area contributed by atoms with Crippen molar-refractivity contribution in [1.29, 1.82) is 0 Å². The zero-order valence-electron chi connectivity index (χ0n) is 15.9. The maximum absolute atomic E-state index is 12.2. The van der Waals surface area contributed by atoms with E-state index in [1.807, 2.05) is 56.3 Å². The van der Waals surface area contributed by atoms with Gasteiger partial charge in [0.25, 0.3) is 5.91 Å². The highest BCUT2D eigenvalue weighted by Gasteiger charge is 2.08. The summed E-state index contributed by atoms with van der Waals surface area (Å²) in [5.41, 5.74) is 5.74. The summed E-state index contributed by atoms with van der Waals surface area (Å²) in [6.45, 7) is 5.49. The van der Waals surface area contributed by atoms with E-state index in [1.165, 1.54) is 0 Å². The lowest BCUT2D eigenvalue weighted by molar-refractivity contribution is -0.123. The lowest BCUT2D eigenvalue weighted by Gasteiger charge is -2.10. The van der Waals surface area contributed by atoms with E-state index in [9.17, 15) is 9.59 Å². The third kappa shape index (κ3) is 6.58. The molecule has 0 aromatic heterocycles. The van der Waals surface area contributed by atoms with Crippen LogP contribution in [0.3, 0.4) is 0 Å². The Hall–Kier alpha value is -3.15. The van der Waals surface area contributed by atoms with Crippen molar-refractivity contribution < 1.29 is 14.3 Å². The van der Waals surface area contributed by atoms with E-state index in [2.05, 4.69) is 15.8 Å². The van der Waals surface area contributed by atoms with Crippen LogP contribution in [0.5, 0.6) is 5.75 Å². The number of carbonyl (C=O) groups is 2. The van der Waals surface area contributed by atoms with Crippen LogP contribution in [0.4, 0.5) is 5.69 Å². The summed E-state index contributed by atoms with van der Waals surface area (Å²) in [5.74, 6) is 0.0965. The first-order valence-electron chi connectivity index (χ1n) is 8.87. The SMILES string of the molecule is CCc1ccccc1NC(=O)CC(C)=NNC(=O)COc1ccccc1C. The summed E-state index contributed by atoms with van der Waals surface area (Å²) in [6.07, 6.45) is 0.928. The molecular formula is C21H25N3O3. The number of aryl methyl sites for hydroxylation is 2. The fourth-order valence-corrected chi connectivity index (χ4v) is 2.47. The number of rotatable bonds is 8. The van der Waals surface area contributed by atoms with Crippen LogP contribution < -0.4 is 15.5 Å². The summed E-state index contributed by atoms with van der Waals surface area (Å²) in [5, 5.41) is 6.83. The normalized spacial score (nSPS) is 11.0. The van der Waals surface area contributed by atoms with Gasteiger partial charge in [-0.05, 0) is 43.5 Å². The summed E-state index contributed by atoms with van der Waals surface area (Å²) in [7, 11) is 0. The first kappa shape index (κ1) is 20.2. The molecule has 0 aliphatic carbocycles. The van der Waals surface area contributed by atoms with Crippen molar-refractivity contribution in [3.63, 3.8) is 0 Å². The molecule has 2 N–H and O–H groups in total. The van der Waals surface area contributed by atoms with Crippen LogP contribution in [-0.2, 0) is 16.0 Å². The van der Waals surface area contributed by atoms with Gasteiger partial charge in [0, 0.05) is 11.4 Å². The van der Waals surface area contributed by atoms with Gasteiger partial charge in [0.2, 0.25) is 5.91 Å². The van der Waals surface area contributed by atoms with Gasteiger partial charge in [0.05, 0.1) is 6.42 Å². The van der Waals surface area contributed by atoms with Gasteiger partial charge in [-0.3, -0.25) is 9.59 Å². The van der Waals surface area contributed by atoms with Crippen LogP contribution in [0, 0.1) is 6.92 Å². The molecule has 0 fully saturated rings. The monoisotopic (exact) mass is 367 g/mol. The standard InChI is InChI=1S/C21H25N3O3/c1-4-17-10-6-7-11-18(17)22-20(25)13-16(3)23-24-21(26)14-27-19-12-8-5-9-15(19)2/h5-12H,4,13-14H2,1-3H3,(H,22,25)(H,24,26). The predicted molar refractivity (Wildman–Crippen MR) is 107 cm³/mol. The van der Waals surface area contributed by atoms with Crippen molar-refractivity contribution in [2.45, 2.75) is 33.6 Å². The van der Waals surface area contributed by atoms with E-state index in [0.717, 1.165) is 23.2 Å². The van der Waals surface area contributed by atoms with Gasteiger partial charge >= 0.3 is 0 Å². The Bertz CT molecular complexity index is 831. The number of ether oxygens (including phenoxy) is 1. The minimum absolute atomic E-state index is 0.0942. The minimum atomic E-state index is -0.380. The molecule has 0 saturated carbocycles. The van der Waals surface area contributed by atoms with Gasteiger partial charge in [-0.15, -0.1) is 0 Å². The molecule has 2 amide bonds. The van der Waals surface area contributed by atoms with Crippen LogP contribution >= 0.6 is 0 Å². The molecule has 142 valence electrons. The Morgan fingerprint density at radius 1 is 1.04 bits per heavy atom. The van der Waals surface area contributed by atoms with Crippen molar-refractivity contribution >= 4 is 23.2 Å². The van der Waals surface area contributed by atoms with Gasteiger partial charge in [0.15, 0.2) is 6.61 Å². The predicted octanol–water partition coefficient (Wildman–Crippen LogP) is 3.46. The number of carbonyl (C=O) groups excluding carboxylic acids is 2. The van der Waals surface area contributed by atoms with Crippen molar-refractivity contribution in [3.05, 3.63) is 59.7 Å². The number of para-hydroxylation sites is 2. The number of hydrogen-bond acceptors (Lipinski definition) is 4. The molecule has 0 heterocycles. The second-order valence-electron chi connectivity index (χ2n) is 6.17. The van der Waals surface area contributed by atoms with E-state index in [4.69, 9.17) is 4.74 Å². The van der Waals surface area contributed by atoms with Crippen molar-refractivity contribution in [2.24, 2.45) is 5.10 Å². The van der Waals surface area contributed by atoms with Crippen LogP contribution in [0.2, 0.25) is 0 Å². The second-order valence-corrected chi connectivity index (χ2v) is 6.17. The Balaban J connectivity index is 1.80. The zero-order chi connectivity index (χ0) is 19.6. The molecule has 2 aromatic carbocycles. The topological polar surface area (TPSA) is 79.8 Å². The molecule has 2 aromatic rings. The molecule has 0 unspecified atom stereocenters. The molecule has 0 aliphatic heterocycles. The van der Waals surface area contributed by atoms with Crippen LogP contribution in [0.25, 0.3) is 0 Å². The first-order valence-corrected chi connectivity index (χ1v) is 8.87. The molecular weight excluding hydrogens is 342 g/mol. The fourth-order valence-electron chi connectivity index (χ4n) is 2.47. The largest absolute Gasteiger partial charge is 0.483 e. The molecule has 0 bridgehead atoms. The molecule has 6 nitrogen and oxygen atoms in total. The number of hydrogen-bond donors (Lipinski definition) is 2. The second kappa shape index (κ2) is 10.1. The number of nitrogens with one attached hydrogen (secondary N) is 2. The van der Waals surface area contributed by atoms with Crippen molar-refractivity contribution in [1.82, 2.24) is 5.43 Å². The molecule has 27 heavy (non-hydrogen) atoms. The molecule has 6 heteroatoms. The van der Waals surface area contributed by atoms with Gasteiger partial charge in [-0.25, -0.2) is 5.43 Å². The van der Waals surface area contributed by atoms with E-state index in [0.29, 0.717) is 11.5 Å². The van der Waals surface area contributed by atoms with Gasteiger partial charge in [-0.2, -0.15) is 5.10 Å². The summed E-state index contributed by atoms with van der Waals surface area (Å²) in [4.78, 5) is 24.0. The average molecular weight is 367 g/mol. The number of benzene rings is 2. The Kier molecular flexibility index (Phi) is 7.55. The molecule has 0 atom stereocenters. The van der Waals surface area contributed by atoms with E-state index in [1.54, 1.807) is 13.0 Å². The molecule has 2 rings (SSSR count). The quantitative estimate of drug-likeness (QED) is 0.554. The smallest absolute Gasteiger partial charge is 0.277 e. The summed E-state index contributed by atoms with van der Waals surface area (Å²) in [6, 6.07) is 15.1. The Labute approximate surface area is 159 Å². The van der Waals surface area contributed by atoms with Crippen molar-refractivity contribution in [2.75, 3.05) is 11.9 Å². The average Bonchev–Trinajstić information content (AvgIpc) is 2.66. The van der Waals surface area contributed by atoms with Crippen LogP contribution in [0.1, 0.15) is 31.4 Å². The van der Waals surface area contributed by atoms with Crippen LogP contribution in [-0.4, -0.2) is 24.1 Å². The zero-order valence-corrected chi connectivity index (χ0v) is 15.9. The van der Waals surface area contributed by atoms with Crippen LogP contribution in [0.15, 0.2) is 53.6 Å². The number of amides is 2. The highest BCUT2D eigenvalue weighted by molar-refractivity contribution is 6.06. The third-order valence-electron chi connectivity index (χ3n) is 3.91. The first-order chi connectivity index (χ1) is 13.0.